The van der Waals surface area contributed by atoms with E-state index in [-0.39, 0.29) is 17.9 Å². The van der Waals surface area contributed by atoms with E-state index < -0.39 is 0 Å². The molecule has 0 aliphatic carbocycles. The molecule has 1 heterocycles. The normalized spacial score (nSPS) is 18.7. The van der Waals surface area contributed by atoms with Crippen LogP contribution in [0.25, 0.3) is 0 Å². The first-order valence-corrected chi connectivity index (χ1v) is 7.00. The van der Waals surface area contributed by atoms with Crippen LogP contribution in [0.15, 0.2) is 24.3 Å². The van der Waals surface area contributed by atoms with Crippen LogP contribution in [-0.4, -0.2) is 42.9 Å². The van der Waals surface area contributed by atoms with Gasteiger partial charge in [-0.2, -0.15) is 0 Å². The van der Waals surface area contributed by atoms with Gasteiger partial charge in [-0.15, -0.1) is 0 Å². The Morgan fingerprint density at radius 2 is 2.10 bits per heavy atom. The SMILES string of the molecule is CNC(=O)c1cccc(C(=O)N2CCCCC2CN)c1. The third-order valence-corrected chi connectivity index (χ3v) is 3.76. The summed E-state index contributed by atoms with van der Waals surface area (Å²) < 4.78 is 0. The number of piperidine rings is 1. The highest BCUT2D eigenvalue weighted by Crippen LogP contribution is 2.19. The summed E-state index contributed by atoms with van der Waals surface area (Å²) in [6.07, 6.45) is 3.08. The fourth-order valence-corrected chi connectivity index (χ4v) is 2.62. The highest BCUT2D eigenvalue weighted by Gasteiger charge is 2.26. The maximum Gasteiger partial charge on any atom is 0.254 e. The van der Waals surface area contributed by atoms with Crippen molar-refractivity contribution >= 4 is 11.8 Å². The van der Waals surface area contributed by atoms with E-state index >= 15 is 0 Å². The lowest BCUT2D eigenvalue weighted by Crippen LogP contribution is -2.47. The molecule has 108 valence electrons. The van der Waals surface area contributed by atoms with E-state index in [2.05, 4.69) is 5.32 Å². The van der Waals surface area contributed by atoms with Gasteiger partial charge < -0.3 is 16.0 Å². The Kier molecular flexibility index (Phi) is 4.74. The molecule has 1 aliphatic rings. The highest BCUT2D eigenvalue weighted by atomic mass is 16.2. The van der Waals surface area contributed by atoms with E-state index in [4.69, 9.17) is 5.73 Å². The fourth-order valence-electron chi connectivity index (χ4n) is 2.62. The summed E-state index contributed by atoms with van der Waals surface area (Å²) in [5.74, 6) is -0.223. The van der Waals surface area contributed by atoms with Crippen molar-refractivity contribution in [1.29, 1.82) is 0 Å². The van der Waals surface area contributed by atoms with Crippen molar-refractivity contribution in [2.75, 3.05) is 20.1 Å². The van der Waals surface area contributed by atoms with Crippen molar-refractivity contribution in [1.82, 2.24) is 10.2 Å². The minimum Gasteiger partial charge on any atom is -0.355 e. The molecule has 0 radical (unpaired) electrons. The van der Waals surface area contributed by atoms with Crippen LogP contribution in [0.5, 0.6) is 0 Å². The molecule has 1 aliphatic heterocycles. The maximum absolute atomic E-state index is 12.6. The smallest absolute Gasteiger partial charge is 0.254 e. The van der Waals surface area contributed by atoms with Crippen LogP contribution in [0.4, 0.5) is 0 Å². The number of hydrogen-bond donors (Lipinski definition) is 2. The first-order chi connectivity index (χ1) is 9.67. The van der Waals surface area contributed by atoms with Crippen molar-refractivity contribution < 1.29 is 9.59 Å². The number of nitrogens with zero attached hydrogens (tertiary/aromatic N) is 1. The summed E-state index contributed by atoms with van der Waals surface area (Å²) >= 11 is 0. The van der Waals surface area contributed by atoms with Crippen molar-refractivity contribution in [3.05, 3.63) is 35.4 Å². The Hall–Kier alpha value is -1.88. The van der Waals surface area contributed by atoms with Gasteiger partial charge in [0.1, 0.15) is 0 Å². The van der Waals surface area contributed by atoms with Crippen molar-refractivity contribution in [3.63, 3.8) is 0 Å². The molecule has 3 N–H and O–H groups in total. The Labute approximate surface area is 119 Å². The highest BCUT2D eigenvalue weighted by molar-refractivity contribution is 5.99. The van der Waals surface area contributed by atoms with Gasteiger partial charge >= 0.3 is 0 Å². The molecule has 1 aromatic rings. The number of likely N-dealkylation sites (tertiary alicyclic amines) is 1. The number of carbonyl (C=O) groups is 2. The zero-order valence-corrected chi connectivity index (χ0v) is 11.8. The molecule has 0 spiro atoms. The van der Waals surface area contributed by atoms with Gasteiger partial charge in [0.05, 0.1) is 0 Å². The summed E-state index contributed by atoms with van der Waals surface area (Å²) in [5, 5.41) is 2.56. The molecule has 1 unspecified atom stereocenters. The molecule has 0 bridgehead atoms. The average molecular weight is 275 g/mol. The quantitative estimate of drug-likeness (QED) is 0.864. The van der Waals surface area contributed by atoms with E-state index in [1.807, 2.05) is 4.90 Å². The second-order valence-corrected chi connectivity index (χ2v) is 5.04. The van der Waals surface area contributed by atoms with Crippen molar-refractivity contribution in [2.24, 2.45) is 5.73 Å². The predicted molar refractivity (Wildman–Crippen MR) is 77.6 cm³/mol. The molecule has 1 fully saturated rings. The largest absolute Gasteiger partial charge is 0.355 e. The number of benzene rings is 1. The van der Waals surface area contributed by atoms with Gasteiger partial charge in [-0.05, 0) is 37.5 Å². The molecule has 5 heteroatoms. The molecule has 0 aromatic heterocycles. The second kappa shape index (κ2) is 6.52. The third kappa shape index (κ3) is 2.99. The van der Waals surface area contributed by atoms with E-state index in [9.17, 15) is 9.59 Å². The van der Waals surface area contributed by atoms with Crippen molar-refractivity contribution in [2.45, 2.75) is 25.3 Å². The van der Waals surface area contributed by atoms with Crippen LogP contribution in [0, 0.1) is 0 Å². The zero-order chi connectivity index (χ0) is 14.5. The van der Waals surface area contributed by atoms with Crippen LogP contribution >= 0.6 is 0 Å². The first-order valence-electron chi connectivity index (χ1n) is 7.00. The van der Waals surface area contributed by atoms with Gasteiger partial charge in [0, 0.05) is 37.3 Å². The van der Waals surface area contributed by atoms with Crippen molar-refractivity contribution in [3.8, 4) is 0 Å². The van der Waals surface area contributed by atoms with Crippen LogP contribution in [0.2, 0.25) is 0 Å². The molecular formula is C15H21N3O2. The summed E-state index contributed by atoms with van der Waals surface area (Å²) in [6, 6.07) is 6.94. The van der Waals surface area contributed by atoms with Crippen LogP contribution in [0.1, 0.15) is 40.0 Å². The number of carbonyl (C=O) groups excluding carboxylic acids is 2. The van der Waals surface area contributed by atoms with Gasteiger partial charge in [0.15, 0.2) is 0 Å². The van der Waals surface area contributed by atoms with E-state index in [0.29, 0.717) is 17.7 Å². The lowest BCUT2D eigenvalue weighted by Gasteiger charge is -2.35. The summed E-state index contributed by atoms with van der Waals surface area (Å²) in [4.78, 5) is 26.0. The van der Waals surface area contributed by atoms with E-state index in [1.54, 1.807) is 31.3 Å². The minimum absolute atomic E-state index is 0.0362. The minimum atomic E-state index is -0.186. The molecular weight excluding hydrogens is 254 g/mol. The molecule has 2 rings (SSSR count). The summed E-state index contributed by atoms with van der Waals surface area (Å²) in [7, 11) is 1.58. The first kappa shape index (κ1) is 14.5. The third-order valence-electron chi connectivity index (χ3n) is 3.76. The van der Waals surface area contributed by atoms with E-state index in [0.717, 1.165) is 25.8 Å². The lowest BCUT2D eigenvalue weighted by molar-refractivity contribution is 0.0623. The molecule has 20 heavy (non-hydrogen) atoms. The molecule has 1 aromatic carbocycles. The predicted octanol–water partition coefficient (Wildman–Crippen LogP) is 1.000. The maximum atomic E-state index is 12.6. The van der Waals surface area contributed by atoms with Gasteiger partial charge in [0.25, 0.3) is 11.8 Å². The standard InChI is InChI=1S/C15H21N3O2/c1-17-14(19)11-5-4-6-12(9-11)15(20)18-8-3-2-7-13(18)10-16/h4-6,9,13H,2-3,7-8,10,16H2,1H3,(H,17,19). The molecule has 1 saturated heterocycles. The number of nitrogens with two attached hydrogens (primary N) is 1. The lowest BCUT2D eigenvalue weighted by atomic mass is 10.0. The zero-order valence-electron chi connectivity index (χ0n) is 11.8. The number of amides is 2. The monoisotopic (exact) mass is 275 g/mol. The number of nitrogens with one attached hydrogen (secondary N) is 1. The summed E-state index contributed by atoms with van der Waals surface area (Å²) in [6.45, 7) is 1.23. The second-order valence-electron chi connectivity index (χ2n) is 5.04. The van der Waals surface area contributed by atoms with Gasteiger partial charge in [0.2, 0.25) is 0 Å². The van der Waals surface area contributed by atoms with Gasteiger partial charge in [-0.1, -0.05) is 6.07 Å². The molecule has 1 atom stereocenters. The Morgan fingerprint density at radius 3 is 2.80 bits per heavy atom. The van der Waals surface area contributed by atoms with Gasteiger partial charge in [-0.25, -0.2) is 0 Å². The Morgan fingerprint density at radius 1 is 1.35 bits per heavy atom. The molecule has 2 amide bonds. The topological polar surface area (TPSA) is 75.4 Å². The molecule has 0 saturated carbocycles. The Balaban J connectivity index is 2.21. The van der Waals surface area contributed by atoms with Gasteiger partial charge in [-0.3, -0.25) is 9.59 Å². The van der Waals surface area contributed by atoms with Crippen LogP contribution in [-0.2, 0) is 0 Å². The number of hydrogen-bond acceptors (Lipinski definition) is 3. The molecule has 5 nitrogen and oxygen atoms in total. The summed E-state index contributed by atoms with van der Waals surface area (Å²) in [5.41, 5.74) is 6.80. The Bertz CT molecular complexity index is 502. The van der Waals surface area contributed by atoms with Crippen LogP contribution < -0.4 is 11.1 Å². The fraction of sp³-hybridized carbons (Fsp3) is 0.467. The van der Waals surface area contributed by atoms with Crippen LogP contribution in [0.3, 0.4) is 0 Å². The average Bonchev–Trinajstić information content (AvgIpc) is 2.53. The van der Waals surface area contributed by atoms with E-state index in [1.165, 1.54) is 0 Å². The number of rotatable bonds is 3.